The van der Waals surface area contributed by atoms with Gasteiger partial charge in [0.05, 0.1) is 0 Å². The summed E-state index contributed by atoms with van der Waals surface area (Å²) in [5, 5.41) is 4.31. The maximum absolute atomic E-state index is 11.1. The molecule has 4 nitrogen and oxygen atoms in total. The minimum absolute atomic E-state index is 0.0705. The fourth-order valence-electron chi connectivity index (χ4n) is 2.65. The predicted molar refractivity (Wildman–Crippen MR) is 75.0 cm³/mol. The smallest absolute Gasteiger partial charge is 0.251 e. The Morgan fingerprint density at radius 2 is 2.44 bits per heavy atom. The number of aromatic amines is 1. The summed E-state index contributed by atoms with van der Waals surface area (Å²) in [6, 6.07) is 2.14. The summed E-state index contributed by atoms with van der Waals surface area (Å²) in [4.78, 5) is 18.0. The van der Waals surface area contributed by atoms with E-state index >= 15 is 0 Å². The molecule has 0 aromatic carbocycles. The van der Waals surface area contributed by atoms with Gasteiger partial charge in [-0.25, -0.2) is 4.98 Å². The molecule has 5 heteroatoms. The van der Waals surface area contributed by atoms with Gasteiger partial charge in [0, 0.05) is 24.1 Å². The summed E-state index contributed by atoms with van der Waals surface area (Å²) in [6.45, 7) is 3.23. The molecule has 2 N–H and O–H groups in total. The van der Waals surface area contributed by atoms with E-state index < -0.39 is 0 Å². The van der Waals surface area contributed by atoms with Crippen molar-refractivity contribution >= 4 is 11.8 Å². The summed E-state index contributed by atoms with van der Waals surface area (Å²) < 4.78 is 0. The van der Waals surface area contributed by atoms with Crippen molar-refractivity contribution in [2.24, 2.45) is 5.92 Å². The van der Waals surface area contributed by atoms with Gasteiger partial charge in [-0.3, -0.25) is 4.79 Å². The van der Waals surface area contributed by atoms with E-state index in [1.54, 1.807) is 18.0 Å². The number of hydrogen-bond acceptors (Lipinski definition) is 4. The van der Waals surface area contributed by atoms with E-state index in [1.165, 1.54) is 31.7 Å². The highest BCUT2D eigenvalue weighted by Crippen LogP contribution is 2.30. The molecule has 0 aliphatic heterocycles. The molecular formula is C13H21N3OS. The first kappa shape index (κ1) is 13.6. The van der Waals surface area contributed by atoms with Crippen molar-refractivity contribution in [3.8, 4) is 0 Å². The van der Waals surface area contributed by atoms with Crippen molar-refractivity contribution in [3.05, 3.63) is 22.6 Å². The van der Waals surface area contributed by atoms with Crippen LogP contribution in [0.25, 0.3) is 0 Å². The van der Waals surface area contributed by atoms with Crippen molar-refractivity contribution in [1.82, 2.24) is 15.3 Å². The summed E-state index contributed by atoms with van der Waals surface area (Å²) in [6.07, 6.45) is 6.74. The van der Waals surface area contributed by atoms with E-state index in [0.717, 1.165) is 23.4 Å². The molecule has 0 spiro atoms. The zero-order valence-corrected chi connectivity index (χ0v) is 11.6. The number of nitrogens with one attached hydrogen (secondary N) is 2. The third kappa shape index (κ3) is 3.85. The second-order valence-electron chi connectivity index (χ2n) is 4.73. The molecule has 1 heterocycles. The first-order valence-electron chi connectivity index (χ1n) is 6.71. The van der Waals surface area contributed by atoms with E-state index in [0.29, 0.717) is 6.04 Å². The molecule has 0 amide bonds. The summed E-state index contributed by atoms with van der Waals surface area (Å²) in [7, 11) is 0. The fourth-order valence-corrected chi connectivity index (χ4v) is 3.57. The van der Waals surface area contributed by atoms with Gasteiger partial charge in [-0.1, -0.05) is 25.1 Å². The number of H-pyrrole nitrogens is 1. The van der Waals surface area contributed by atoms with Gasteiger partial charge in [0.25, 0.3) is 5.56 Å². The highest BCUT2D eigenvalue weighted by Gasteiger charge is 2.25. The maximum Gasteiger partial charge on any atom is 0.251 e. The molecule has 2 unspecified atom stereocenters. The maximum atomic E-state index is 11.1. The second kappa shape index (κ2) is 6.95. The lowest BCUT2D eigenvalue weighted by Gasteiger charge is -2.19. The van der Waals surface area contributed by atoms with Crippen LogP contribution in [0.4, 0.5) is 0 Å². The SMILES string of the molecule is CCNC1CCCC1CCSc1nccc(=O)[nH]1. The zero-order valence-electron chi connectivity index (χ0n) is 10.8. The summed E-state index contributed by atoms with van der Waals surface area (Å²) in [5.74, 6) is 1.81. The molecule has 1 saturated carbocycles. The van der Waals surface area contributed by atoms with Crippen molar-refractivity contribution < 1.29 is 0 Å². The number of aromatic nitrogens is 2. The summed E-state index contributed by atoms with van der Waals surface area (Å²) in [5.41, 5.74) is -0.0705. The van der Waals surface area contributed by atoms with Gasteiger partial charge in [0.15, 0.2) is 5.16 Å². The van der Waals surface area contributed by atoms with Crippen molar-refractivity contribution in [3.63, 3.8) is 0 Å². The average Bonchev–Trinajstić information content (AvgIpc) is 2.78. The van der Waals surface area contributed by atoms with Gasteiger partial charge in [-0.2, -0.15) is 0 Å². The van der Waals surface area contributed by atoms with Gasteiger partial charge >= 0.3 is 0 Å². The first-order chi connectivity index (χ1) is 8.79. The first-order valence-corrected chi connectivity index (χ1v) is 7.69. The Bertz CT molecular complexity index is 421. The molecule has 1 aliphatic rings. The average molecular weight is 267 g/mol. The molecule has 2 atom stereocenters. The number of nitrogens with zero attached hydrogens (tertiary/aromatic N) is 1. The van der Waals surface area contributed by atoms with Crippen LogP contribution >= 0.6 is 11.8 Å². The third-order valence-electron chi connectivity index (χ3n) is 3.50. The van der Waals surface area contributed by atoms with Crippen LogP contribution in [-0.4, -0.2) is 28.3 Å². The Balaban J connectivity index is 1.76. The molecule has 1 fully saturated rings. The van der Waals surface area contributed by atoms with Crippen LogP contribution in [0.1, 0.15) is 32.6 Å². The van der Waals surface area contributed by atoms with Crippen LogP contribution in [0.15, 0.2) is 22.2 Å². The Labute approximate surface area is 112 Å². The lowest BCUT2D eigenvalue weighted by atomic mass is 10.0. The normalized spacial score (nSPS) is 23.4. The molecule has 0 saturated heterocycles. The van der Waals surface area contributed by atoms with Crippen LogP contribution in [0.5, 0.6) is 0 Å². The van der Waals surface area contributed by atoms with Crippen LogP contribution in [0, 0.1) is 5.92 Å². The zero-order chi connectivity index (χ0) is 12.8. The Kier molecular flexibility index (Phi) is 5.26. The predicted octanol–water partition coefficient (Wildman–Crippen LogP) is 2.03. The molecule has 1 aromatic heterocycles. The van der Waals surface area contributed by atoms with Crippen molar-refractivity contribution in [1.29, 1.82) is 0 Å². The van der Waals surface area contributed by atoms with E-state index in [4.69, 9.17) is 0 Å². The van der Waals surface area contributed by atoms with Crippen LogP contribution < -0.4 is 10.9 Å². The highest BCUT2D eigenvalue weighted by atomic mass is 32.2. The van der Waals surface area contributed by atoms with E-state index in [9.17, 15) is 4.79 Å². The molecular weight excluding hydrogens is 246 g/mol. The Hall–Kier alpha value is -0.810. The topological polar surface area (TPSA) is 57.8 Å². The summed E-state index contributed by atoms with van der Waals surface area (Å²) >= 11 is 1.65. The number of hydrogen-bond donors (Lipinski definition) is 2. The van der Waals surface area contributed by atoms with Crippen molar-refractivity contribution in [2.75, 3.05) is 12.3 Å². The molecule has 100 valence electrons. The highest BCUT2D eigenvalue weighted by molar-refractivity contribution is 7.99. The van der Waals surface area contributed by atoms with Gasteiger partial charge in [0.2, 0.25) is 0 Å². The van der Waals surface area contributed by atoms with E-state index in [1.807, 2.05) is 0 Å². The minimum atomic E-state index is -0.0705. The lowest BCUT2D eigenvalue weighted by molar-refractivity contribution is 0.400. The molecule has 1 aliphatic carbocycles. The largest absolute Gasteiger partial charge is 0.314 e. The Morgan fingerprint density at radius 3 is 3.22 bits per heavy atom. The molecule has 0 radical (unpaired) electrons. The number of rotatable bonds is 6. The molecule has 2 rings (SSSR count). The van der Waals surface area contributed by atoms with Crippen LogP contribution in [-0.2, 0) is 0 Å². The Morgan fingerprint density at radius 1 is 1.56 bits per heavy atom. The van der Waals surface area contributed by atoms with Crippen LogP contribution in [0.3, 0.4) is 0 Å². The molecule has 1 aromatic rings. The molecule has 18 heavy (non-hydrogen) atoms. The third-order valence-corrected chi connectivity index (χ3v) is 4.42. The monoisotopic (exact) mass is 267 g/mol. The lowest BCUT2D eigenvalue weighted by Crippen LogP contribution is -2.32. The van der Waals surface area contributed by atoms with E-state index in [-0.39, 0.29) is 5.56 Å². The van der Waals surface area contributed by atoms with Crippen LogP contribution in [0.2, 0.25) is 0 Å². The van der Waals surface area contributed by atoms with Gasteiger partial charge in [-0.15, -0.1) is 0 Å². The van der Waals surface area contributed by atoms with Gasteiger partial charge in [-0.05, 0) is 31.7 Å². The second-order valence-corrected chi connectivity index (χ2v) is 5.82. The minimum Gasteiger partial charge on any atom is -0.314 e. The standard InChI is InChI=1S/C13H21N3OS/c1-2-14-11-5-3-4-10(11)7-9-18-13-15-8-6-12(17)16-13/h6,8,10-11,14H,2-5,7,9H2,1H3,(H,15,16,17). The van der Waals surface area contributed by atoms with Crippen molar-refractivity contribution in [2.45, 2.75) is 43.8 Å². The van der Waals surface area contributed by atoms with E-state index in [2.05, 4.69) is 22.2 Å². The fraction of sp³-hybridized carbons (Fsp3) is 0.692. The molecule has 0 bridgehead atoms. The van der Waals surface area contributed by atoms with Gasteiger partial charge < -0.3 is 10.3 Å². The quantitative estimate of drug-likeness (QED) is 0.611. The number of thioether (sulfide) groups is 1. The van der Waals surface area contributed by atoms with Gasteiger partial charge in [0.1, 0.15) is 0 Å².